The van der Waals surface area contributed by atoms with Crippen LogP contribution in [0.15, 0.2) is 102 Å². The summed E-state index contributed by atoms with van der Waals surface area (Å²) in [5.74, 6) is -0.294. The maximum atomic E-state index is 14.0. The third kappa shape index (κ3) is 10.2. The summed E-state index contributed by atoms with van der Waals surface area (Å²) in [6, 6.07) is 21.8. The minimum Gasteiger partial charge on any atom is -0.459 e. The molecule has 1 fully saturated rings. The fraction of sp³-hybridized carbons (Fsp3) is 0.468. The predicted molar refractivity (Wildman–Crippen MR) is 224 cm³/mol. The van der Waals surface area contributed by atoms with Crippen LogP contribution in [0, 0.1) is 17.8 Å². The summed E-state index contributed by atoms with van der Waals surface area (Å²) in [6.45, 7) is 7.19. The molecule has 3 aromatic carbocycles. The fourth-order valence-electron chi connectivity index (χ4n) is 8.90. The van der Waals surface area contributed by atoms with E-state index in [4.69, 9.17) is 33.7 Å². The van der Waals surface area contributed by atoms with E-state index < -0.39 is 23.8 Å². The Morgan fingerprint density at radius 1 is 0.983 bits per heavy atom. The van der Waals surface area contributed by atoms with Gasteiger partial charge in [-0.1, -0.05) is 72.6 Å². The van der Waals surface area contributed by atoms with Crippen molar-refractivity contribution in [2.45, 2.75) is 76.2 Å². The lowest BCUT2D eigenvalue weighted by atomic mass is 9.55. The molecule has 3 aliphatic rings. The van der Waals surface area contributed by atoms with Gasteiger partial charge in [0.2, 0.25) is 5.79 Å². The van der Waals surface area contributed by atoms with Crippen molar-refractivity contribution in [1.29, 1.82) is 0 Å². The second kappa shape index (κ2) is 21.3. The van der Waals surface area contributed by atoms with Crippen LogP contribution in [0.2, 0.25) is 0 Å². The Hall–Kier alpha value is -5.01. The first kappa shape index (κ1) is 43.6. The molecule has 59 heavy (non-hydrogen) atoms. The molecular weight excluding hydrogens is 753 g/mol. The van der Waals surface area contributed by atoms with Crippen molar-refractivity contribution in [2.24, 2.45) is 22.9 Å². The van der Waals surface area contributed by atoms with Gasteiger partial charge >= 0.3 is 6.09 Å². The van der Waals surface area contributed by atoms with Crippen molar-refractivity contribution < 1.29 is 48.3 Å². The quantitative estimate of drug-likeness (QED) is 0.0441. The molecule has 2 N–H and O–H groups in total. The first-order valence-corrected chi connectivity index (χ1v) is 20.8. The van der Waals surface area contributed by atoms with E-state index >= 15 is 0 Å². The predicted octanol–water partition coefficient (Wildman–Crippen LogP) is 8.23. The average molecular weight is 811 g/mol. The molecule has 1 heterocycles. The van der Waals surface area contributed by atoms with Gasteiger partial charge in [-0.2, -0.15) is 0 Å². The molecule has 0 unspecified atom stereocenters. The van der Waals surface area contributed by atoms with Crippen molar-refractivity contribution in [3.8, 4) is 17.2 Å². The van der Waals surface area contributed by atoms with E-state index in [1.807, 2.05) is 55.5 Å². The number of hydrogen-bond acceptors (Lipinski definition) is 11. The molecule has 6 atom stereocenters. The topological polar surface area (TPSA) is 146 Å². The molecule has 0 aromatic heterocycles. The van der Waals surface area contributed by atoms with Crippen molar-refractivity contribution in [1.82, 2.24) is 4.90 Å². The fourth-order valence-corrected chi connectivity index (χ4v) is 8.90. The third-order valence-corrected chi connectivity index (χ3v) is 11.5. The van der Waals surface area contributed by atoms with Crippen molar-refractivity contribution in [3.05, 3.63) is 114 Å². The van der Waals surface area contributed by atoms with E-state index in [1.165, 1.54) is 0 Å². The Bertz CT molecular complexity index is 1920. The maximum Gasteiger partial charge on any atom is 0.410 e. The maximum absolute atomic E-state index is 14.0. The highest BCUT2D eigenvalue weighted by Gasteiger charge is 2.65. The van der Waals surface area contributed by atoms with Gasteiger partial charge in [0.05, 0.1) is 31.5 Å². The number of aldehydes is 1. The first-order valence-electron chi connectivity index (χ1n) is 20.8. The second-order valence-corrected chi connectivity index (χ2v) is 15.2. The lowest BCUT2D eigenvalue weighted by molar-refractivity contribution is -0.253. The van der Waals surface area contributed by atoms with E-state index in [-0.39, 0.29) is 57.2 Å². The van der Waals surface area contributed by atoms with Crippen LogP contribution in [0.5, 0.6) is 17.2 Å². The van der Waals surface area contributed by atoms with E-state index in [1.54, 1.807) is 42.3 Å². The van der Waals surface area contributed by atoms with Crippen LogP contribution in [0.1, 0.15) is 79.3 Å². The Labute approximate surface area is 347 Å². The highest BCUT2D eigenvalue weighted by Crippen LogP contribution is 2.62. The molecule has 0 radical (unpaired) electrons. The lowest BCUT2D eigenvalue weighted by Crippen LogP contribution is -2.69. The number of ether oxygens (including phenoxy) is 5. The minimum absolute atomic E-state index is 0.0445. The van der Waals surface area contributed by atoms with Crippen molar-refractivity contribution in [3.63, 3.8) is 0 Å². The number of allylic oxidation sites excluding steroid dienone is 1. The summed E-state index contributed by atoms with van der Waals surface area (Å²) in [5.41, 5.74) is 4.07. The van der Waals surface area contributed by atoms with Gasteiger partial charge in [0.1, 0.15) is 42.8 Å². The number of oxime groups is 1. The highest BCUT2D eigenvalue weighted by atomic mass is 16.7. The van der Waals surface area contributed by atoms with Gasteiger partial charge in [-0.15, -0.1) is 6.58 Å². The molecule has 2 aliphatic carbocycles. The van der Waals surface area contributed by atoms with Crippen LogP contribution >= 0.6 is 0 Å². The average Bonchev–Trinajstić information content (AvgIpc) is 3.26. The van der Waals surface area contributed by atoms with E-state index in [0.717, 1.165) is 48.7 Å². The number of rotatable bonds is 22. The molecule has 12 heteroatoms. The minimum atomic E-state index is -1.41. The number of carbonyl (C=O) groups excluding carboxylic acids is 2. The number of nitrogens with zero attached hydrogens (tertiary/aromatic N) is 2. The zero-order valence-corrected chi connectivity index (χ0v) is 34.2. The van der Waals surface area contributed by atoms with Crippen molar-refractivity contribution >= 4 is 18.1 Å². The van der Waals surface area contributed by atoms with Crippen molar-refractivity contribution in [2.75, 3.05) is 46.7 Å². The van der Waals surface area contributed by atoms with Gasteiger partial charge in [0, 0.05) is 43.7 Å². The smallest absolute Gasteiger partial charge is 0.410 e. The number of hydrogen-bond donors (Lipinski definition) is 2. The molecule has 0 bridgehead atoms. The molecule has 1 saturated carbocycles. The number of likely N-dealkylation sites (N-methyl/N-ethyl adjacent to an activating group) is 1. The Morgan fingerprint density at radius 3 is 2.51 bits per heavy atom. The van der Waals surface area contributed by atoms with E-state index in [2.05, 4.69) is 12.7 Å². The Balaban J connectivity index is 1.43. The molecule has 3 aromatic rings. The van der Waals surface area contributed by atoms with Gasteiger partial charge in [-0.3, -0.25) is 4.79 Å². The number of amides is 1. The van der Waals surface area contributed by atoms with Gasteiger partial charge in [0.15, 0.2) is 0 Å². The number of aliphatic hydroxyl groups excluding tert-OH is 2. The Kier molecular flexibility index (Phi) is 15.7. The van der Waals surface area contributed by atoms with Gasteiger partial charge in [0.25, 0.3) is 0 Å². The molecule has 316 valence electrons. The summed E-state index contributed by atoms with van der Waals surface area (Å²) < 4.78 is 32.1. The van der Waals surface area contributed by atoms with E-state index in [9.17, 15) is 19.8 Å². The van der Waals surface area contributed by atoms with Gasteiger partial charge in [-0.05, 0) is 85.9 Å². The van der Waals surface area contributed by atoms with Gasteiger partial charge < -0.3 is 43.6 Å². The number of unbranched alkanes of at least 4 members (excludes halogenated alkanes) is 2. The van der Waals surface area contributed by atoms with Crippen LogP contribution in [0.25, 0.3) is 0 Å². The van der Waals surface area contributed by atoms with Crippen LogP contribution in [-0.4, -0.2) is 91.7 Å². The summed E-state index contributed by atoms with van der Waals surface area (Å²) in [7, 11) is 1.70. The molecule has 12 nitrogen and oxygen atoms in total. The van der Waals surface area contributed by atoms with Crippen LogP contribution in [0.4, 0.5) is 4.79 Å². The molecule has 0 saturated heterocycles. The lowest BCUT2D eigenvalue weighted by Gasteiger charge is -2.59. The zero-order chi connectivity index (χ0) is 41.6. The van der Waals surface area contributed by atoms with Crippen LogP contribution in [0.3, 0.4) is 0 Å². The summed E-state index contributed by atoms with van der Waals surface area (Å²) in [5, 5.41) is 24.4. The van der Waals surface area contributed by atoms with Gasteiger partial charge in [-0.25, -0.2) is 4.79 Å². The number of carbonyl (C=O) groups is 2. The molecule has 0 spiro atoms. The first-order chi connectivity index (χ1) is 28.9. The molecule has 1 aliphatic heterocycles. The summed E-state index contributed by atoms with van der Waals surface area (Å²) >= 11 is 0. The Morgan fingerprint density at radius 2 is 1.76 bits per heavy atom. The second-order valence-electron chi connectivity index (χ2n) is 15.2. The number of aliphatic hydroxyl groups is 2. The van der Waals surface area contributed by atoms with Crippen LogP contribution in [-0.2, 0) is 25.7 Å². The summed E-state index contributed by atoms with van der Waals surface area (Å²) in [4.78, 5) is 32.9. The zero-order valence-electron chi connectivity index (χ0n) is 34.2. The number of fused-ring (bicyclic) bond motifs is 2. The third-order valence-electron chi connectivity index (χ3n) is 11.5. The molecular formula is C47H58N2O10. The number of benzene rings is 3. The highest BCUT2D eigenvalue weighted by molar-refractivity contribution is 6.03. The largest absolute Gasteiger partial charge is 0.459 e. The SMILES string of the molecule is C=CCO[C@@]12Oc3ccc(Oc4cccc(C=O)c4)cc3[C@H]3[C@H](CCCCO)[C@@H](CCCCO)C=C(C(=NOCC)C[C@@H]1N(C)C(=O)OCCOCc1ccccc1)[C@H]32. The standard InChI is InChI=1S/C47H58N2O10/c1-4-24-56-47-43(49(3)46(53)55-26-25-54-32-33-14-7-6-8-15-33)30-41(48-57-5-2)39-28-35(17-9-11-22-50)38(19-10-12-23-51)44(45(39)47)40-29-37(20-21-42(40)59-47)58-36-18-13-16-34(27-36)31-52/h4,6-8,13-16,18,20-21,27-29,31,35,38,43-45,50-51H,1,5,9-12,17,19,22-26,30,32H2,2-3H3/t35-,38+,43-,44+,45+,47+/m0/s1. The normalized spacial score (nSPS) is 23.6. The molecule has 6 rings (SSSR count). The molecule has 1 amide bonds. The summed E-state index contributed by atoms with van der Waals surface area (Å²) in [6.07, 6.45) is 9.00. The van der Waals surface area contributed by atoms with E-state index in [0.29, 0.717) is 54.6 Å². The monoisotopic (exact) mass is 810 g/mol. The van der Waals surface area contributed by atoms with Crippen LogP contribution < -0.4 is 9.47 Å².